The van der Waals surface area contributed by atoms with Gasteiger partial charge in [-0.2, -0.15) is 0 Å². The molecule has 0 aliphatic heterocycles. The zero-order valence-corrected chi connectivity index (χ0v) is 13.1. The molecule has 1 aromatic heterocycles. The van der Waals surface area contributed by atoms with Gasteiger partial charge < -0.3 is 4.74 Å². The highest BCUT2D eigenvalue weighted by atomic mass is 16.5. The fourth-order valence-electron chi connectivity index (χ4n) is 5.25. The summed E-state index contributed by atoms with van der Waals surface area (Å²) < 4.78 is 7.32. The third-order valence-corrected chi connectivity index (χ3v) is 5.88. The molecule has 4 fully saturated rings. The second kappa shape index (κ2) is 5.63. The smallest absolute Gasteiger partial charge is 0.309 e. The fourth-order valence-corrected chi connectivity index (χ4v) is 5.25. The molecule has 1 heterocycles. The van der Waals surface area contributed by atoms with Gasteiger partial charge in [0.05, 0.1) is 5.92 Å². The van der Waals surface area contributed by atoms with Crippen LogP contribution >= 0.6 is 0 Å². The van der Waals surface area contributed by atoms with Gasteiger partial charge in [-0.25, -0.2) is 4.68 Å². The van der Waals surface area contributed by atoms with Crippen LogP contribution in [0.4, 0.5) is 0 Å². The van der Waals surface area contributed by atoms with E-state index in [4.69, 9.17) is 4.74 Å². The number of aryl methyl sites for hydroxylation is 1. The number of hydrogen-bond donors (Lipinski definition) is 0. The van der Waals surface area contributed by atoms with Crippen molar-refractivity contribution < 1.29 is 9.53 Å². The van der Waals surface area contributed by atoms with E-state index in [1.807, 2.05) is 0 Å². The summed E-state index contributed by atoms with van der Waals surface area (Å²) in [6.07, 6.45) is 7.31. The molecule has 120 valence electrons. The van der Waals surface area contributed by atoms with E-state index >= 15 is 0 Å². The number of nitrogens with zero attached hydrogens (tertiary/aromatic N) is 4. The van der Waals surface area contributed by atoms with Crippen molar-refractivity contribution in [3.05, 3.63) is 5.82 Å². The van der Waals surface area contributed by atoms with E-state index in [0.29, 0.717) is 17.7 Å². The van der Waals surface area contributed by atoms with Crippen LogP contribution in [0, 0.1) is 29.6 Å². The van der Waals surface area contributed by atoms with E-state index in [0.717, 1.165) is 24.8 Å². The lowest BCUT2D eigenvalue weighted by atomic mass is 9.52. The molecule has 0 N–H and O–H groups in total. The maximum Gasteiger partial charge on any atom is 0.309 e. The normalized spacial score (nSPS) is 35.8. The van der Waals surface area contributed by atoms with Gasteiger partial charge in [-0.15, -0.1) is 5.10 Å². The van der Waals surface area contributed by atoms with Crippen molar-refractivity contribution in [3.63, 3.8) is 0 Å². The standard InChI is InChI=1S/C16H24N4O2/c1-2-3-20-14(17-18-19-20)9-22-16(21)15-12-5-10-4-11(7-12)8-13(15)6-10/h10-13,15H,2-9H2,1H3. The molecule has 4 aliphatic carbocycles. The average molecular weight is 304 g/mol. The molecule has 0 radical (unpaired) electrons. The SMILES string of the molecule is CCCn1nnnc1COC(=O)C1C2CC3CC(C2)CC1C3. The maximum absolute atomic E-state index is 12.6. The average Bonchev–Trinajstić information content (AvgIpc) is 2.92. The summed E-state index contributed by atoms with van der Waals surface area (Å²) in [7, 11) is 0. The van der Waals surface area contributed by atoms with Crippen molar-refractivity contribution in [3.8, 4) is 0 Å². The first-order valence-corrected chi connectivity index (χ1v) is 8.66. The van der Waals surface area contributed by atoms with Crippen LogP contribution in [0.1, 0.15) is 51.3 Å². The third kappa shape index (κ3) is 2.42. The Hall–Kier alpha value is -1.46. The molecule has 4 aliphatic rings. The Labute approximate surface area is 130 Å². The monoisotopic (exact) mass is 304 g/mol. The highest BCUT2D eigenvalue weighted by molar-refractivity contribution is 5.73. The second-order valence-corrected chi connectivity index (χ2v) is 7.38. The van der Waals surface area contributed by atoms with Gasteiger partial charge in [0.25, 0.3) is 0 Å². The number of aromatic nitrogens is 4. The van der Waals surface area contributed by atoms with Gasteiger partial charge in [0.2, 0.25) is 0 Å². The van der Waals surface area contributed by atoms with E-state index in [1.54, 1.807) is 4.68 Å². The lowest BCUT2D eigenvalue weighted by Gasteiger charge is -2.53. The van der Waals surface area contributed by atoms with E-state index in [2.05, 4.69) is 22.4 Å². The van der Waals surface area contributed by atoms with E-state index in [9.17, 15) is 4.79 Å². The van der Waals surface area contributed by atoms with Crippen LogP contribution < -0.4 is 0 Å². The molecule has 0 saturated heterocycles. The number of carbonyl (C=O) groups is 1. The zero-order chi connectivity index (χ0) is 15.1. The van der Waals surface area contributed by atoms with E-state index in [-0.39, 0.29) is 18.5 Å². The summed E-state index contributed by atoms with van der Waals surface area (Å²) >= 11 is 0. The van der Waals surface area contributed by atoms with Crippen molar-refractivity contribution in [2.45, 2.75) is 58.6 Å². The molecule has 6 heteroatoms. The van der Waals surface area contributed by atoms with Crippen LogP contribution in [0.3, 0.4) is 0 Å². The highest BCUT2D eigenvalue weighted by Crippen LogP contribution is 2.56. The first-order valence-electron chi connectivity index (χ1n) is 8.66. The van der Waals surface area contributed by atoms with Crippen molar-refractivity contribution in [2.24, 2.45) is 29.6 Å². The maximum atomic E-state index is 12.6. The number of rotatable bonds is 5. The third-order valence-electron chi connectivity index (χ3n) is 5.88. The molecule has 0 aromatic carbocycles. The van der Waals surface area contributed by atoms with Crippen molar-refractivity contribution >= 4 is 5.97 Å². The minimum atomic E-state index is -0.0140. The number of carbonyl (C=O) groups excluding carboxylic acids is 1. The summed E-state index contributed by atoms with van der Waals surface area (Å²) in [5.41, 5.74) is 0. The summed E-state index contributed by atoms with van der Waals surface area (Å²) in [5, 5.41) is 11.6. The Morgan fingerprint density at radius 3 is 2.50 bits per heavy atom. The summed E-state index contributed by atoms with van der Waals surface area (Å²) in [5.74, 6) is 3.65. The Bertz CT molecular complexity index is 528. The Kier molecular flexibility index (Phi) is 3.62. The Morgan fingerprint density at radius 1 is 1.18 bits per heavy atom. The fraction of sp³-hybridized carbons (Fsp3) is 0.875. The molecular formula is C16H24N4O2. The Morgan fingerprint density at radius 2 is 1.86 bits per heavy atom. The van der Waals surface area contributed by atoms with Crippen LogP contribution in [-0.4, -0.2) is 26.2 Å². The van der Waals surface area contributed by atoms with Crippen LogP contribution in [0.15, 0.2) is 0 Å². The predicted molar refractivity (Wildman–Crippen MR) is 78.4 cm³/mol. The molecule has 1 aromatic rings. The summed E-state index contributed by atoms with van der Waals surface area (Å²) in [4.78, 5) is 12.6. The lowest BCUT2D eigenvalue weighted by molar-refractivity contribution is -0.164. The van der Waals surface area contributed by atoms with Gasteiger partial charge in [0, 0.05) is 6.54 Å². The van der Waals surface area contributed by atoms with E-state index in [1.165, 1.54) is 32.1 Å². The molecule has 6 nitrogen and oxygen atoms in total. The molecule has 0 spiro atoms. The highest BCUT2D eigenvalue weighted by Gasteiger charge is 2.51. The van der Waals surface area contributed by atoms with Gasteiger partial charge in [0.15, 0.2) is 12.4 Å². The lowest BCUT2D eigenvalue weighted by Crippen LogP contribution is -2.48. The molecule has 4 bridgehead atoms. The molecule has 0 unspecified atom stereocenters. The van der Waals surface area contributed by atoms with E-state index < -0.39 is 0 Å². The van der Waals surface area contributed by atoms with Crippen LogP contribution in [0.25, 0.3) is 0 Å². The van der Waals surface area contributed by atoms with Gasteiger partial charge >= 0.3 is 5.97 Å². The van der Waals surface area contributed by atoms with Gasteiger partial charge in [-0.05, 0) is 72.6 Å². The minimum absolute atomic E-state index is 0.0140. The van der Waals surface area contributed by atoms with Crippen LogP contribution in [-0.2, 0) is 22.7 Å². The molecule has 4 saturated carbocycles. The summed E-state index contributed by atoms with van der Waals surface area (Å²) in [6.45, 7) is 3.04. The van der Waals surface area contributed by atoms with Gasteiger partial charge in [0.1, 0.15) is 0 Å². The van der Waals surface area contributed by atoms with Crippen molar-refractivity contribution in [1.82, 2.24) is 20.2 Å². The molecule has 0 amide bonds. The first kappa shape index (κ1) is 14.2. The van der Waals surface area contributed by atoms with Gasteiger partial charge in [-0.3, -0.25) is 4.79 Å². The number of ether oxygens (including phenoxy) is 1. The predicted octanol–water partition coefficient (Wildman–Crippen LogP) is 2.20. The van der Waals surface area contributed by atoms with Crippen LogP contribution in [0.2, 0.25) is 0 Å². The first-order chi connectivity index (χ1) is 10.7. The largest absolute Gasteiger partial charge is 0.457 e. The van der Waals surface area contributed by atoms with Crippen molar-refractivity contribution in [1.29, 1.82) is 0 Å². The number of esters is 1. The minimum Gasteiger partial charge on any atom is -0.457 e. The molecule has 22 heavy (non-hydrogen) atoms. The molecular weight excluding hydrogens is 280 g/mol. The van der Waals surface area contributed by atoms with Crippen LogP contribution in [0.5, 0.6) is 0 Å². The number of hydrogen-bond acceptors (Lipinski definition) is 5. The topological polar surface area (TPSA) is 69.9 Å². The second-order valence-electron chi connectivity index (χ2n) is 7.38. The molecule has 5 rings (SSSR count). The Balaban J connectivity index is 1.39. The summed E-state index contributed by atoms with van der Waals surface area (Å²) in [6, 6.07) is 0. The van der Waals surface area contributed by atoms with Crippen molar-refractivity contribution in [2.75, 3.05) is 0 Å². The van der Waals surface area contributed by atoms with Gasteiger partial charge in [-0.1, -0.05) is 6.92 Å². The quantitative estimate of drug-likeness (QED) is 0.780. The zero-order valence-electron chi connectivity index (χ0n) is 13.1. The molecule has 0 atom stereocenters. The number of tetrazole rings is 1.